The molecule has 0 fully saturated rings. The summed E-state index contributed by atoms with van der Waals surface area (Å²) in [6, 6.07) is -0.374. The average Bonchev–Trinajstić information content (AvgIpc) is 2.57. The minimum Gasteiger partial charge on any atom is -0.347 e. The van der Waals surface area contributed by atoms with Crippen LogP contribution in [0.25, 0.3) is 0 Å². The maximum Gasteiger partial charge on any atom is 0.273 e. The van der Waals surface area contributed by atoms with E-state index in [0.29, 0.717) is 0 Å². The van der Waals surface area contributed by atoms with E-state index in [2.05, 4.69) is 15.5 Å². The van der Waals surface area contributed by atoms with E-state index in [1.807, 2.05) is 0 Å². The number of hydrogen-bond donors (Lipinski definition) is 2. The van der Waals surface area contributed by atoms with Crippen LogP contribution in [0.4, 0.5) is 0 Å². The molecule has 19 heavy (non-hydrogen) atoms. The Morgan fingerprint density at radius 1 is 1.58 bits per heavy atom. The lowest BCUT2D eigenvalue weighted by Gasteiger charge is -2.11. The number of amides is 1. The number of hydrogen-bond acceptors (Lipinski definition) is 5. The molecule has 108 valence electrons. The number of aryl methyl sites for hydroxylation is 1. The Bertz CT molecular complexity index is 611. The topological polar surface area (TPSA) is 109 Å². The van der Waals surface area contributed by atoms with Crippen molar-refractivity contribution < 1.29 is 17.4 Å². The highest BCUT2D eigenvalue weighted by Crippen LogP contribution is 2.21. The van der Waals surface area contributed by atoms with Gasteiger partial charge in [-0.3, -0.25) is 14.1 Å². The van der Waals surface area contributed by atoms with Gasteiger partial charge in [-0.25, -0.2) is 8.42 Å². The highest BCUT2D eigenvalue weighted by Gasteiger charge is 2.27. The van der Waals surface area contributed by atoms with Crippen LogP contribution in [0.3, 0.4) is 0 Å². The third-order valence-corrected chi connectivity index (χ3v) is 4.63. The molecule has 2 N–H and O–H groups in total. The van der Waals surface area contributed by atoms with Crippen LogP contribution >= 0.6 is 10.7 Å². The molecule has 0 aliphatic heterocycles. The van der Waals surface area contributed by atoms with Gasteiger partial charge in [-0.15, -0.1) is 0 Å². The maximum atomic E-state index is 11.9. The number of rotatable bonds is 5. The number of carbonyl (C=O) groups is 1. The molecule has 0 bridgehead atoms. The van der Waals surface area contributed by atoms with E-state index < -0.39 is 25.8 Å². The first kappa shape index (κ1) is 16.1. The van der Waals surface area contributed by atoms with Crippen LogP contribution in [0, 0.1) is 6.92 Å². The van der Waals surface area contributed by atoms with E-state index in [0.717, 1.165) is 0 Å². The summed E-state index contributed by atoms with van der Waals surface area (Å²) in [4.78, 5) is 11.6. The lowest BCUT2D eigenvalue weighted by molar-refractivity contribution is 0.0935. The highest BCUT2D eigenvalue weighted by molar-refractivity contribution is 8.13. The van der Waals surface area contributed by atoms with Gasteiger partial charge in [0.25, 0.3) is 15.0 Å². The minimum absolute atomic E-state index is 0.187. The maximum absolute atomic E-state index is 11.9. The summed E-state index contributed by atoms with van der Waals surface area (Å²) in [7, 11) is 0.119. The largest absolute Gasteiger partial charge is 0.347 e. The van der Waals surface area contributed by atoms with Crippen molar-refractivity contribution in [3.63, 3.8) is 0 Å². The summed E-state index contributed by atoms with van der Waals surface area (Å²) in [5.74, 6) is -0.417. The number of carbonyl (C=O) groups excluding carboxylic acids is 1. The first-order chi connectivity index (χ1) is 8.62. The zero-order valence-electron chi connectivity index (χ0n) is 10.6. The van der Waals surface area contributed by atoms with Gasteiger partial charge in [0, 0.05) is 39.5 Å². The Morgan fingerprint density at radius 2 is 2.16 bits per heavy atom. The first-order valence-corrected chi connectivity index (χ1v) is 9.27. The molecule has 0 aliphatic rings. The summed E-state index contributed by atoms with van der Waals surface area (Å²) in [6.07, 6.45) is 1.51. The number of halogens is 1. The van der Waals surface area contributed by atoms with Gasteiger partial charge in [-0.2, -0.15) is 5.10 Å². The number of H-pyrrole nitrogens is 1. The molecule has 7 nitrogen and oxygen atoms in total. The molecular weight excluding hydrogens is 314 g/mol. The third-order valence-electron chi connectivity index (χ3n) is 2.21. The van der Waals surface area contributed by atoms with E-state index in [1.54, 1.807) is 6.92 Å². The number of nitrogens with zero attached hydrogens (tertiary/aromatic N) is 1. The van der Waals surface area contributed by atoms with Crippen LogP contribution in [0.2, 0.25) is 0 Å². The van der Waals surface area contributed by atoms with Crippen molar-refractivity contribution >= 4 is 36.4 Å². The SMILES string of the molecule is Cc1[nH]nc(C(=O)NC(C)CS(C)=O)c1S(=O)(=O)Cl. The second kappa shape index (κ2) is 6.02. The van der Waals surface area contributed by atoms with Gasteiger partial charge in [-0.1, -0.05) is 0 Å². The van der Waals surface area contributed by atoms with E-state index in [4.69, 9.17) is 10.7 Å². The van der Waals surface area contributed by atoms with Crippen molar-refractivity contribution in [2.24, 2.45) is 0 Å². The molecule has 10 heteroatoms. The Labute approximate surface area is 118 Å². The van der Waals surface area contributed by atoms with Crippen molar-refractivity contribution in [1.82, 2.24) is 15.5 Å². The van der Waals surface area contributed by atoms with Gasteiger partial charge in [0.2, 0.25) is 0 Å². The standard InChI is InChI=1S/C9H14ClN3O4S2/c1-5(4-18(3)15)11-9(14)7-8(19(10,16)17)6(2)12-13-7/h5H,4H2,1-3H3,(H,11,14)(H,12,13). The Hall–Kier alpha value is -0.930. The number of nitrogens with one attached hydrogen (secondary N) is 2. The lowest BCUT2D eigenvalue weighted by Crippen LogP contribution is -2.36. The molecule has 1 rings (SSSR count). The quantitative estimate of drug-likeness (QED) is 0.748. The molecule has 1 amide bonds. The van der Waals surface area contributed by atoms with Crippen LogP contribution < -0.4 is 5.32 Å². The zero-order valence-corrected chi connectivity index (χ0v) is 12.9. The molecular formula is C9H14ClN3O4S2. The molecule has 0 saturated heterocycles. The smallest absolute Gasteiger partial charge is 0.273 e. The molecule has 0 aromatic carbocycles. The van der Waals surface area contributed by atoms with Gasteiger partial charge in [-0.05, 0) is 13.8 Å². The first-order valence-electron chi connectivity index (χ1n) is 5.23. The Balaban J connectivity index is 2.99. The van der Waals surface area contributed by atoms with E-state index in [9.17, 15) is 17.4 Å². The van der Waals surface area contributed by atoms with Gasteiger partial charge in [0.1, 0.15) is 4.90 Å². The van der Waals surface area contributed by atoms with Crippen molar-refractivity contribution in [3.8, 4) is 0 Å². The normalized spacial score (nSPS) is 14.9. The van der Waals surface area contributed by atoms with Crippen LogP contribution in [-0.2, 0) is 19.9 Å². The number of aromatic amines is 1. The van der Waals surface area contributed by atoms with Crippen LogP contribution in [0.15, 0.2) is 4.90 Å². The predicted octanol–water partition coefficient (Wildman–Crippen LogP) is 0.142. The fourth-order valence-corrected chi connectivity index (χ4v) is 3.69. The second-order valence-corrected chi connectivity index (χ2v) is 8.06. The van der Waals surface area contributed by atoms with Crippen molar-refractivity contribution in [3.05, 3.63) is 11.4 Å². The fourth-order valence-electron chi connectivity index (χ4n) is 1.56. The van der Waals surface area contributed by atoms with Crippen LogP contribution in [-0.4, -0.2) is 46.8 Å². The summed E-state index contributed by atoms with van der Waals surface area (Å²) in [5.41, 5.74) is -0.104. The van der Waals surface area contributed by atoms with E-state index >= 15 is 0 Å². The number of aromatic nitrogens is 2. The Morgan fingerprint density at radius 3 is 2.63 bits per heavy atom. The second-order valence-electron chi connectivity index (χ2n) is 4.08. The molecule has 2 unspecified atom stereocenters. The lowest BCUT2D eigenvalue weighted by atomic mass is 10.3. The van der Waals surface area contributed by atoms with Crippen molar-refractivity contribution in [2.75, 3.05) is 12.0 Å². The van der Waals surface area contributed by atoms with Gasteiger partial charge in [0.15, 0.2) is 5.69 Å². The molecule has 0 spiro atoms. The molecule has 1 heterocycles. The van der Waals surface area contributed by atoms with Gasteiger partial charge in [0.05, 0.1) is 5.69 Å². The van der Waals surface area contributed by atoms with Crippen LogP contribution in [0.5, 0.6) is 0 Å². The summed E-state index contributed by atoms with van der Waals surface area (Å²) in [5, 5.41) is 8.56. The van der Waals surface area contributed by atoms with Crippen molar-refractivity contribution in [2.45, 2.75) is 24.8 Å². The van der Waals surface area contributed by atoms with Gasteiger partial charge < -0.3 is 5.32 Å². The molecule has 0 radical (unpaired) electrons. The van der Waals surface area contributed by atoms with E-state index in [-0.39, 0.29) is 28.1 Å². The van der Waals surface area contributed by atoms with Crippen molar-refractivity contribution in [1.29, 1.82) is 0 Å². The molecule has 2 atom stereocenters. The Kier molecular flexibility index (Phi) is 5.11. The molecule has 0 aliphatic carbocycles. The minimum atomic E-state index is -4.07. The third kappa shape index (κ3) is 4.29. The summed E-state index contributed by atoms with van der Waals surface area (Å²) in [6.45, 7) is 3.11. The summed E-state index contributed by atoms with van der Waals surface area (Å²) < 4.78 is 33.8. The average molecular weight is 328 g/mol. The fraction of sp³-hybridized carbons (Fsp3) is 0.556. The summed E-state index contributed by atoms with van der Waals surface area (Å²) >= 11 is 0. The monoisotopic (exact) mass is 327 g/mol. The highest BCUT2D eigenvalue weighted by atomic mass is 35.7. The zero-order chi connectivity index (χ0) is 14.8. The van der Waals surface area contributed by atoms with Crippen LogP contribution in [0.1, 0.15) is 23.1 Å². The molecule has 1 aromatic heterocycles. The van der Waals surface area contributed by atoms with E-state index in [1.165, 1.54) is 13.2 Å². The van der Waals surface area contributed by atoms with Gasteiger partial charge >= 0.3 is 0 Å². The molecule has 1 aromatic rings. The molecule has 0 saturated carbocycles. The predicted molar refractivity (Wildman–Crippen MR) is 72.2 cm³/mol.